The molecule has 0 saturated carbocycles. The lowest BCUT2D eigenvalue weighted by atomic mass is 10.1. The first-order chi connectivity index (χ1) is 10.1. The van der Waals surface area contributed by atoms with Gasteiger partial charge in [-0.25, -0.2) is 9.18 Å². The number of morpholine rings is 1. The van der Waals surface area contributed by atoms with Crippen molar-refractivity contribution in [3.05, 3.63) is 29.6 Å². The predicted octanol–water partition coefficient (Wildman–Crippen LogP) is 0.848. The Balaban J connectivity index is 2.26. The third-order valence-electron chi connectivity index (χ3n) is 3.26. The van der Waals surface area contributed by atoms with E-state index >= 15 is 0 Å². The lowest BCUT2D eigenvalue weighted by Gasteiger charge is -2.33. The number of esters is 1. The fourth-order valence-corrected chi connectivity index (χ4v) is 2.14. The highest BCUT2D eigenvalue weighted by Gasteiger charge is 2.34. The summed E-state index contributed by atoms with van der Waals surface area (Å²) < 4.78 is 28.1. The number of hydrogen-bond acceptors (Lipinski definition) is 5. The number of hydrogen-bond donors (Lipinski definition) is 0. The summed E-state index contributed by atoms with van der Waals surface area (Å²) in [5, 5.41) is 0. The van der Waals surface area contributed by atoms with Gasteiger partial charge in [-0.1, -0.05) is 0 Å². The van der Waals surface area contributed by atoms with Crippen LogP contribution >= 0.6 is 0 Å². The Morgan fingerprint density at radius 2 is 2.14 bits per heavy atom. The van der Waals surface area contributed by atoms with Crippen LogP contribution in [-0.2, 0) is 14.3 Å². The molecule has 1 heterocycles. The first-order valence-electron chi connectivity index (χ1n) is 6.38. The fourth-order valence-electron chi connectivity index (χ4n) is 2.14. The van der Waals surface area contributed by atoms with Crippen LogP contribution in [0.25, 0.3) is 0 Å². The summed E-state index contributed by atoms with van der Waals surface area (Å²) in [4.78, 5) is 25.6. The van der Waals surface area contributed by atoms with Crippen LogP contribution in [-0.4, -0.2) is 56.8 Å². The number of halogens is 1. The molecule has 7 heteroatoms. The quantitative estimate of drug-likeness (QED) is 0.774. The van der Waals surface area contributed by atoms with Crippen LogP contribution in [0.3, 0.4) is 0 Å². The first kappa shape index (κ1) is 15.2. The minimum atomic E-state index is -0.799. The number of carbonyl (C=O) groups is 2. The molecule has 1 aromatic carbocycles. The van der Waals surface area contributed by atoms with Gasteiger partial charge in [-0.3, -0.25) is 4.79 Å². The maximum atomic E-state index is 13.4. The van der Waals surface area contributed by atoms with Crippen molar-refractivity contribution in [3.63, 3.8) is 0 Å². The number of carbonyl (C=O) groups excluding carboxylic acids is 2. The maximum Gasteiger partial charge on any atom is 0.331 e. The van der Waals surface area contributed by atoms with E-state index in [1.165, 1.54) is 31.3 Å². The van der Waals surface area contributed by atoms with Gasteiger partial charge in [0, 0.05) is 12.1 Å². The average Bonchev–Trinajstić information content (AvgIpc) is 2.54. The van der Waals surface area contributed by atoms with Gasteiger partial charge < -0.3 is 19.1 Å². The van der Waals surface area contributed by atoms with E-state index in [1.807, 2.05) is 0 Å². The predicted molar refractivity (Wildman–Crippen MR) is 70.6 cm³/mol. The number of methoxy groups -OCH3 is 2. The number of benzene rings is 1. The molecule has 0 aliphatic carbocycles. The molecule has 0 N–H and O–H groups in total. The molecule has 1 saturated heterocycles. The SMILES string of the molecule is COC(=O)C1COCCN1C(=O)c1ccc(F)c(OC)c1. The maximum absolute atomic E-state index is 13.4. The van der Waals surface area contributed by atoms with Gasteiger partial charge in [-0.2, -0.15) is 0 Å². The molecular weight excluding hydrogens is 281 g/mol. The lowest BCUT2D eigenvalue weighted by Crippen LogP contribution is -2.53. The van der Waals surface area contributed by atoms with Crippen molar-refractivity contribution in [2.75, 3.05) is 34.0 Å². The number of ether oxygens (including phenoxy) is 3. The Labute approximate surface area is 121 Å². The minimum Gasteiger partial charge on any atom is -0.494 e. The van der Waals surface area contributed by atoms with Crippen LogP contribution in [0.5, 0.6) is 5.75 Å². The van der Waals surface area contributed by atoms with Gasteiger partial charge in [0.2, 0.25) is 0 Å². The summed E-state index contributed by atoms with van der Waals surface area (Å²) in [5.41, 5.74) is 0.240. The van der Waals surface area contributed by atoms with Gasteiger partial charge in [0.05, 0.1) is 27.4 Å². The smallest absolute Gasteiger partial charge is 0.331 e. The molecule has 0 radical (unpaired) electrons. The Morgan fingerprint density at radius 1 is 1.38 bits per heavy atom. The van der Waals surface area contributed by atoms with E-state index in [0.29, 0.717) is 6.61 Å². The van der Waals surface area contributed by atoms with Gasteiger partial charge in [0.15, 0.2) is 17.6 Å². The van der Waals surface area contributed by atoms with Crippen LogP contribution in [0.2, 0.25) is 0 Å². The lowest BCUT2D eigenvalue weighted by molar-refractivity contribution is -0.151. The monoisotopic (exact) mass is 297 g/mol. The molecule has 1 aromatic rings. The second-order valence-corrected chi connectivity index (χ2v) is 4.46. The van der Waals surface area contributed by atoms with Gasteiger partial charge in [0.1, 0.15) is 0 Å². The second-order valence-electron chi connectivity index (χ2n) is 4.46. The van der Waals surface area contributed by atoms with Gasteiger partial charge in [-0.05, 0) is 18.2 Å². The van der Waals surface area contributed by atoms with Crippen molar-refractivity contribution >= 4 is 11.9 Å². The average molecular weight is 297 g/mol. The van der Waals surface area contributed by atoms with E-state index < -0.39 is 23.7 Å². The van der Waals surface area contributed by atoms with E-state index in [9.17, 15) is 14.0 Å². The van der Waals surface area contributed by atoms with E-state index in [-0.39, 0.29) is 24.5 Å². The fraction of sp³-hybridized carbons (Fsp3) is 0.429. The van der Waals surface area contributed by atoms with Crippen LogP contribution < -0.4 is 4.74 Å². The molecule has 2 rings (SSSR count). The molecule has 1 aliphatic heterocycles. The Hall–Kier alpha value is -2.15. The molecule has 21 heavy (non-hydrogen) atoms. The van der Waals surface area contributed by atoms with Gasteiger partial charge in [0.25, 0.3) is 5.91 Å². The van der Waals surface area contributed by atoms with E-state index in [0.717, 1.165) is 6.07 Å². The summed E-state index contributed by atoms with van der Waals surface area (Å²) in [5.74, 6) is -1.52. The van der Waals surface area contributed by atoms with Gasteiger partial charge in [-0.15, -0.1) is 0 Å². The van der Waals surface area contributed by atoms with Crippen molar-refractivity contribution < 1.29 is 28.2 Å². The highest BCUT2D eigenvalue weighted by Crippen LogP contribution is 2.21. The van der Waals surface area contributed by atoms with Crippen molar-refractivity contribution in [2.45, 2.75) is 6.04 Å². The summed E-state index contributed by atoms with van der Waals surface area (Å²) in [6, 6.07) is 3.01. The Morgan fingerprint density at radius 3 is 2.81 bits per heavy atom. The van der Waals surface area contributed by atoms with Crippen molar-refractivity contribution in [2.24, 2.45) is 0 Å². The highest BCUT2D eigenvalue weighted by atomic mass is 19.1. The van der Waals surface area contributed by atoms with Crippen molar-refractivity contribution in [1.29, 1.82) is 0 Å². The third-order valence-corrected chi connectivity index (χ3v) is 3.26. The van der Waals surface area contributed by atoms with Gasteiger partial charge >= 0.3 is 5.97 Å². The normalized spacial score (nSPS) is 18.2. The molecule has 1 amide bonds. The van der Waals surface area contributed by atoms with Crippen molar-refractivity contribution in [3.8, 4) is 5.75 Å². The first-order valence-corrected chi connectivity index (χ1v) is 6.38. The summed E-state index contributed by atoms with van der Waals surface area (Å²) in [7, 11) is 2.57. The number of nitrogens with zero attached hydrogens (tertiary/aromatic N) is 1. The topological polar surface area (TPSA) is 65.1 Å². The molecule has 1 unspecified atom stereocenters. The summed E-state index contributed by atoms with van der Waals surface area (Å²) in [6.07, 6.45) is 0. The van der Waals surface area contributed by atoms with Crippen LogP contribution in [0.4, 0.5) is 4.39 Å². The summed E-state index contributed by atoms with van der Waals surface area (Å²) >= 11 is 0. The van der Waals surface area contributed by atoms with Crippen LogP contribution in [0.15, 0.2) is 18.2 Å². The second kappa shape index (κ2) is 6.53. The molecule has 0 aromatic heterocycles. The third kappa shape index (κ3) is 3.13. The molecule has 1 fully saturated rings. The summed E-state index contributed by atoms with van der Waals surface area (Å²) in [6.45, 7) is 0.673. The standard InChI is InChI=1S/C14H16FNO5/c1-19-12-7-9(3-4-10(12)15)13(17)16-5-6-21-8-11(16)14(18)20-2/h3-4,7,11H,5-6,8H2,1-2H3. The molecule has 0 spiro atoms. The van der Waals surface area contributed by atoms with Crippen LogP contribution in [0, 0.1) is 5.82 Å². The molecule has 114 valence electrons. The minimum absolute atomic E-state index is 0.0243. The molecule has 0 bridgehead atoms. The van der Waals surface area contributed by atoms with E-state index in [4.69, 9.17) is 9.47 Å². The number of rotatable bonds is 3. The molecular formula is C14H16FNO5. The zero-order valence-electron chi connectivity index (χ0n) is 11.8. The largest absolute Gasteiger partial charge is 0.494 e. The molecule has 1 aliphatic rings. The highest BCUT2D eigenvalue weighted by molar-refractivity contribution is 5.97. The van der Waals surface area contributed by atoms with Crippen molar-refractivity contribution in [1.82, 2.24) is 4.90 Å². The Kier molecular flexibility index (Phi) is 4.74. The van der Waals surface area contributed by atoms with Crippen LogP contribution in [0.1, 0.15) is 10.4 Å². The van der Waals surface area contributed by atoms with E-state index in [1.54, 1.807) is 0 Å². The van der Waals surface area contributed by atoms with E-state index in [2.05, 4.69) is 4.74 Å². The number of amides is 1. The zero-order chi connectivity index (χ0) is 15.4. The Bertz CT molecular complexity index is 548. The zero-order valence-corrected chi connectivity index (χ0v) is 11.8. The molecule has 1 atom stereocenters. The molecule has 6 nitrogen and oxygen atoms in total.